The maximum Gasteiger partial charge on any atom is 0.292 e. The van der Waals surface area contributed by atoms with Crippen LogP contribution in [0.25, 0.3) is 0 Å². The number of rotatable bonds is 4. The van der Waals surface area contributed by atoms with E-state index in [0.717, 1.165) is 22.5 Å². The molecule has 0 saturated heterocycles. The summed E-state index contributed by atoms with van der Waals surface area (Å²) in [5, 5.41) is 11.5. The van der Waals surface area contributed by atoms with Crippen LogP contribution in [0.2, 0.25) is 0 Å². The molecular formula is C14H16N4O2S. The van der Waals surface area contributed by atoms with Gasteiger partial charge in [-0.1, -0.05) is 17.8 Å². The molecule has 0 radical (unpaired) electrons. The average Bonchev–Trinajstić information content (AvgIpc) is 2.43. The first-order chi connectivity index (χ1) is 9.88. The number of aromatic nitrogens is 2. The third kappa shape index (κ3) is 3.49. The molecule has 2 rings (SSSR count). The van der Waals surface area contributed by atoms with Gasteiger partial charge in [0.25, 0.3) is 5.69 Å². The van der Waals surface area contributed by atoms with E-state index in [4.69, 9.17) is 5.73 Å². The highest BCUT2D eigenvalue weighted by molar-refractivity contribution is 7.98. The second-order valence-corrected chi connectivity index (χ2v) is 5.68. The van der Waals surface area contributed by atoms with E-state index in [-0.39, 0.29) is 11.4 Å². The van der Waals surface area contributed by atoms with Gasteiger partial charge < -0.3 is 5.73 Å². The van der Waals surface area contributed by atoms with E-state index in [2.05, 4.69) is 9.97 Å². The standard InChI is InChI=1S/C14H16N4O2S/c1-8-9(2)16-14(17-10(8)3)21-7-11-4-5-12(15)13(6-11)18(19)20/h4-6H,7,15H2,1-3H3. The summed E-state index contributed by atoms with van der Waals surface area (Å²) < 4.78 is 0. The fourth-order valence-corrected chi connectivity index (χ4v) is 2.67. The zero-order valence-corrected chi connectivity index (χ0v) is 12.9. The van der Waals surface area contributed by atoms with E-state index >= 15 is 0 Å². The number of hydrogen-bond donors (Lipinski definition) is 1. The molecule has 0 unspecified atom stereocenters. The largest absolute Gasteiger partial charge is 0.393 e. The van der Waals surface area contributed by atoms with Gasteiger partial charge in [-0.3, -0.25) is 10.1 Å². The van der Waals surface area contributed by atoms with Gasteiger partial charge in [-0.15, -0.1) is 0 Å². The second kappa shape index (κ2) is 6.09. The molecule has 1 aromatic carbocycles. The monoisotopic (exact) mass is 304 g/mol. The maximum atomic E-state index is 10.9. The van der Waals surface area contributed by atoms with Crippen LogP contribution < -0.4 is 5.73 Å². The number of nitrogen functional groups attached to an aromatic ring is 1. The summed E-state index contributed by atoms with van der Waals surface area (Å²) in [4.78, 5) is 19.2. The lowest BCUT2D eigenvalue weighted by atomic mass is 10.2. The lowest BCUT2D eigenvalue weighted by molar-refractivity contribution is -0.383. The van der Waals surface area contributed by atoms with Crippen LogP contribution >= 0.6 is 11.8 Å². The summed E-state index contributed by atoms with van der Waals surface area (Å²) in [6, 6.07) is 4.83. The van der Waals surface area contributed by atoms with Gasteiger partial charge in [-0.2, -0.15) is 0 Å². The quantitative estimate of drug-likeness (QED) is 0.306. The molecule has 21 heavy (non-hydrogen) atoms. The molecule has 0 bridgehead atoms. The minimum Gasteiger partial charge on any atom is -0.393 e. The van der Waals surface area contributed by atoms with Gasteiger partial charge >= 0.3 is 0 Å². The van der Waals surface area contributed by atoms with Crippen LogP contribution in [0.5, 0.6) is 0 Å². The topological polar surface area (TPSA) is 94.9 Å². The van der Waals surface area contributed by atoms with E-state index in [0.29, 0.717) is 10.9 Å². The van der Waals surface area contributed by atoms with Crippen molar-refractivity contribution in [3.63, 3.8) is 0 Å². The smallest absolute Gasteiger partial charge is 0.292 e. The Morgan fingerprint density at radius 2 is 1.86 bits per heavy atom. The van der Waals surface area contributed by atoms with Gasteiger partial charge in [-0.05, 0) is 38.0 Å². The van der Waals surface area contributed by atoms with Crippen molar-refractivity contribution in [2.45, 2.75) is 31.7 Å². The molecule has 7 heteroatoms. The Hall–Kier alpha value is -2.15. The number of aryl methyl sites for hydroxylation is 2. The molecule has 6 nitrogen and oxygen atoms in total. The van der Waals surface area contributed by atoms with Crippen molar-refractivity contribution >= 4 is 23.1 Å². The fraction of sp³-hybridized carbons (Fsp3) is 0.286. The Kier molecular flexibility index (Phi) is 4.42. The van der Waals surface area contributed by atoms with Crippen molar-refractivity contribution in [1.82, 2.24) is 9.97 Å². The number of nitrogens with two attached hydrogens (primary N) is 1. The second-order valence-electron chi connectivity index (χ2n) is 4.74. The normalized spacial score (nSPS) is 10.6. The van der Waals surface area contributed by atoms with Crippen LogP contribution in [-0.2, 0) is 5.75 Å². The Labute approximate surface area is 127 Å². The summed E-state index contributed by atoms with van der Waals surface area (Å²) in [7, 11) is 0. The van der Waals surface area contributed by atoms with E-state index in [1.165, 1.54) is 17.8 Å². The molecular weight excluding hydrogens is 288 g/mol. The molecule has 0 aliphatic rings. The molecule has 0 aliphatic heterocycles. The highest BCUT2D eigenvalue weighted by Crippen LogP contribution is 2.27. The predicted octanol–water partition coefficient (Wildman–Crippen LogP) is 3.18. The average molecular weight is 304 g/mol. The molecule has 1 heterocycles. The Morgan fingerprint density at radius 1 is 1.24 bits per heavy atom. The van der Waals surface area contributed by atoms with Crippen molar-refractivity contribution < 1.29 is 4.92 Å². The lowest BCUT2D eigenvalue weighted by Gasteiger charge is -2.07. The van der Waals surface area contributed by atoms with E-state index in [9.17, 15) is 10.1 Å². The van der Waals surface area contributed by atoms with Gasteiger partial charge in [0.05, 0.1) is 4.92 Å². The first kappa shape index (κ1) is 15.2. The van der Waals surface area contributed by atoms with Crippen molar-refractivity contribution in [2.75, 3.05) is 5.73 Å². The Bertz CT molecular complexity index is 680. The minimum atomic E-state index is -0.472. The van der Waals surface area contributed by atoms with E-state index < -0.39 is 4.92 Å². The lowest BCUT2D eigenvalue weighted by Crippen LogP contribution is -1.99. The fourth-order valence-electron chi connectivity index (χ4n) is 1.79. The minimum absolute atomic E-state index is 0.0646. The summed E-state index contributed by atoms with van der Waals surface area (Å²) in [6.07, 6.45) is 0. The number of nitro benzene ring substituents is 1. The van der Waals surface area contributed by atoms with E-state index in [1.807, 2.05) is 20.8 Å². The number of nitro groups is 1. The number of hydrogen-bond acceptors (Lipinski definition) is 6. The zero-order valence-electron chi connectivity index (χ0n) is 12.1. The van der Waals surface area contributed by atoms with Crippen LogP contribution in [0.15, 0.2) is 23.4 Å². The molecule has 1 aromatic heterocycles. The van der Waals surface area contributed by atoms with Crippen molar-refractivity contribution in [3.8, 4) is 0 Å². The van der Waals surface area contributed by atoms with Gasteiger partial charge in [-0.25, -0.2) is 9.97 Å². The highest BCUT2D eigenvalue weighted by Gasteiger charge is 2.12. The zero-order chi connectivity index (χ0) is 15.6. The number of nitrogens with zero attached hydrogens (tertiary/aromatic N) is 3. The third-order valence-electron chi connectivity index (χ3n) is 3.27. The van der Waals surface area contributed by atoms with Crippen molar-refractivity contribution in [2.24, 2.45) is 0 Å². The van der Waals surface area contributed by atoms with Gasteiger partial charge in [0, 0.05) is 23.2 Å². The molecule has 2 N–H and O–H groups in total. The van der Waals surface area contributed by atoms with Crippen LogP contribution in [0, 0.1) is 30.9 Å². The Balaban J connectivity index is 2.17. The van der Waals surface area contributed by atoms with Gasteiger partial charge in [0.2, 0.25) is 0 Å². The van der Waals surface area contributed by atoms with Crippen LogP contribution in [-0.4, -0.2) is 14.9 Å². The Morgan fingerprint density at radius 3 is 2.43 bits per heavy atom. The molecule has 2 aromatic rings. The van der Waals surface area contributed by atoms with Gasteiger partial charge in [0.15, 0.2) is 5.16 Å². The molecule has 0 spiro atoms. The van der Waals surface area contributed by atoms with Crippen molar-refractivity contribution in [1.29, 1.82) is 0 Å². The SMILES string of the molecule is Cc1nc(SCc2ccc(N)c([N+](=O)[O-])c2)nc(C)c1C. The summed E-state index contributed by atoms with van der Waals surface area (Å²) in [5.41, 5.74) is 9.50. The summed E-state index contributed by atoms with van der Waals surface area (Å²) in [5.74, 6) is 0.559. The van der Waals surface area contributed by atoms with Crippen LogP contribution in [0.4, 0.5) is 11.4 Å². The molecule has 0 saturated carbocycles. The van der Waals surface area contributed by atoms with Gasteiger partial charge in [0.1, 0.15) is 5.69 Å². The van der Waals surface area contributed by atoms with Crippen LogP contribution in [0.1, 0.15) is 22.5 Å². The summed E-state index contributed by atoms with van der Waals surface area (Å²) >= 11 is 1.45. The number of thioether (sulfide) groups is 1. The molecule has 0 aliphatic carbocycles. The summed E-state index contributed by atoms with van der Waals surface area (Å²) in [6.45, 7) is 5.88. The number of anilines is 1. The highest BCUT2D eigenvalue weighted by atomic mass is 32.2. The molecule has 0 atom stereocenters. The molecule has 110 valence electrons. The van der Waals surface area contributed by atoms with Crippen molar-refractivity contribution in [3.05, 3.63) is 50.8 Å². The first-order valence-corrected chi connectivity index (χ1v) is 7.34. The maximum absolute atomic E-state index is 10.9. The van der Waals surface area contributed by atoms with Crippen LogP contribution in [0.3, 0.4) is 0 Å². The predicted molar refractivity (Wildman–Crippen MR) is 83.3 cm³/mol. The number of benzene rings is 1. The molecule has 0 fully saturated rings. The molecule has 0 amide bonds. The first-order valence-electron chi connectivity index (χ1n) is 6.36. The third-order valence-corrected chi connectivity index (χ3v) is 4.19. The van der Waals surface area contributed by atoms with E-state index in [1.54, 1.807) is 12.1 Å².